The quantitative estimate of drug-likeness (QED) is 0.895. The van der Waals surface area contributed by atoms with Crippen molar-refractivity contribution in [2.24, 2.45) is 0 Å². The van der Waals surface area contributed by atoms with Crippen molar-refractivity contribution in [3.8, 4) is 5.75 Å². The lowest BCUT2D eigenvalue weighted by molar-refractivity contribution is 0.213. The molecule has 0 saturated carbocycles. The average molecular weight is 272 g/mol. The van der Waals surface area contributed by atoms with Crippen LogP contribution in [-0.2, 0) is 13.0 Å². The highest BCUT2D eigenvalue weighted by molar-refractivity contribution is 5.73. The summed E-state index contributed by atoms with van der Waals surface area (Å²) in [5.74, 6) is 1.64. The third kappa shape index (κ3) is 2.93. The van der Waals surface area contributed by atoms with Crippen LogP contribution in [0.5, 0.6) is 5.75 Å². The van der Waals surface area contributed by atoms with Crippen molar-refractivity contribution >= 4 is 6.03 Å². The highest BCUT2D eigenvalue weighted by Gasteiger charge is 2.22. The third-order valence-corrected chi connectivity index (χ3v) is 3.21. The van der Waals surface area contributed by atoms with Crippen molar-refractivity contribution in [2.75, 3.05) is 6.54 Å². The number of urea groups is 1. The number of nitrogens with one attached hydrogen (secondary N) is 2. The number of fused-ring (bicyclic) bond motifs is 1. The second-order valence-corrected chi connectivity index (χ2v) is 4.69. The number of carbonyl (C=O) groups excluding carboxylic acids is 1. The molecule has 1 aromatic carbocycles. The summed E-state index contributed by atoms with van der Waals surface area (Å²) in [7, 11) is 0. The summed E-state index contributed by atoms with van der Waals surface area (Å²) in [4.78, 5) is 11.6. The van der Waals surface area contributed by atoms with Crippen LogP contribution in [0.4, 0.5) is 4.79 Å². The van der Waals surface area contributed by atoms with Gasteiger partial charge in [-0.3, -0.25) is 0 Å². The number of ether oxygens (including phenoxy) is 1. The topological polar surface area (TPSA) is 63.5 Å². The number of carbonyl (C=O) groups is 1. The Kier molecular flexibility index (Phi) is 3.58. The number of hydrogen-bond acceptors (Lipinski definition) is 3. The number of furan rings is 1. The summed E-state index contributed by atoms with van der Waals surface area (Å²) in [6, 6.07) is 11.3. The second kappa shape index (κ2) is 5.69. The van der Waals surface area contributed by atoms with E-state index in [0.29, 0.717) is 13.1 Å². The van der Waals surface area contributed by atoms with Crippen LogP contribution >= 0.6 is 0 Å². The summed E-state index contributed by atoms with van der Waals surface area (Å²) in [5, 5.41) is 5.54. The van der Waals surface area contributed by atoms with Crippen molar-refractivity contribution in [1.29, 1.82) is 0 Å². The Morgan fingerprint density at radius 1 is 1.20 bits per heavy atom. The highest BCUT2D eigenvalue weighted by Crippen LogP contribution is 2.27. The molecule has 0 saturated heterocycles. The van der Waals surface area contributed by atoms with E-state index in [-0.39, 0.29) is 12.1 Å². The minimum absolute atomic E-state index is 0.00163. The van der Waals surface area contributed by atoms with Gasteiger partial charge in [0.15, 0.2) is 0 Å². The van der Waals surface area contributed by atoms with E-state index in [4.69, 9.17) is 9.15 Å². The number of rotatable bonds is 4. The summed E-state index contributed by atoms with van der Waals surface area (Å²) >= 11 is 0. The van der Waals surface area contributed by atoms with Gasteiger partial charge in [-0.1, -0.05) is 18.2 Å². The van der Waals surface area contributed by atoms with Crippen molar-refractivity contribution in [3.63, 3.8) is 0 Å². The van der Waals surface area contributed by atoms with E-state index in [0.717, 1.165) is 17.9 Å². The first-order chi connectivity index (χ1) is 9.81. The predicted octanol–water partition coefficient (Wildman–Crippen LogP) is 2.08. The fourth-order valence-electron chi connectivity index (χ4n) is 2.22. The maximum atomic E-state index is 11.6. The van der Waals surface area contributed by atoms with Crippen LogP contribution < -0.4 is 15.4 Å². The standard InChI is InChI=1S/C15H16N2O3/c18-15(16-9-12-5-3-7-19-12)17-10-13-8-11-4-1-2-6-14(11)20-13/h1-7,13H,8-10H2,(H2,16,17,18)/t13-/m0/s1. The van der Waals surface area contributed by atoms with E-state index >= 15 is 0 Å². The number of para-hydroxylation sites is 1. The molecule has 2 N–H and O–H groups in total. The molecule has 0 aliphatic carbocycles. The molecule has 20 heavy (non-hydrogen) atoms. The van der Waals surface area contributed by atoms with Gasteiger partial charge in [-0.15, -0.1) is 0 Å². The zero-order valence-corrected chi connectivity index (χ0v) is 11.0. The summed E-state index contributed by atoms with van der Waals surface area (Å²) in [6.07, 6.45) is 2.41. The van der Waals surface area contributed by atoms with Crippen LogP contribution in [0, 0.1) is 0 Å². The molecule has 2 heterocycles. The van der Waals surface area contributed by atoms with E-state index in [2.05, 4.69) is 10.6 Å². The van der Waals surface area contributed by atoms with E-state index in [1.165, 1.54) is 5.56 Å². The minimum Gasteiger partial charge on any atom is -0.488 e. The van der Waals surface area contributed by atoms with Crippen LogP contribution in [0.3, 0.4) is 0 Å². The predicted molar refractivity (Wildman–Crippen MR) is 73.5 cm³/mol. The fraction of sp³-hybridized carbons (Fsp3) is 0.267. The first kappa shape index (κ1) is 12.6. The van der Waals surface area contributed by atoms with Gasteiger partial charge in [0.05, 0.1) is 19.4 Å². The van der Waals surface area contributed by atoms with Crippen LogP contribution in [0.2, 0.25) is 0 Å². The van der Waals surface area contributed by atoms with Gasteiger partial charge in [0.1, 0.15) is 17.6 Å². The SMILES string of the molecule is O=C(NCc1ccco1)NC[C@@H]1Cc2ccccc2O1. The largest absolute Gasteiger partial charge is 0.488 e. The molecule has 2 amide bonds. The molecule has 5 heteroatoms. The lowest BCUT2D eigenvalue weighted by Crippen LogP contribution is -2.40. The van der Waals surface area contributed by atoms with E-state index in [1.807, 2.05) is 30.3 Å². The number of amides is 2. The Labute approximate surface area is 116 Å². The molecule has 2 aromatic rings. The molecule has 0 radical (unpaired) electrons. The molecule has 0 spiro atoms. The van der Waals surface area contributed by atoms with E-state index < -0.39 is 0 Å². The number of hydrogen-bond donors (Lipinski definition) is 2. The number of benzene rings is 1. The second-order valence-electron chi connectivity index (χ2n) is 4.69. The van der Waals surface area contributed by atoms with Gasteiger partial charge in [0.2, 0.25) is 0 Å². The van der Waals surface area contributed by atoms with E-state index in [9.17, 15) is 4.79 Å². The Hall–Kier alpha value is -2.43. The van der Waals surface area contributed by atoms with Crippen LogP contribution in [0.25, 0.3) is 0 Å². The Morgan fingerprint density at radius 3 is 2.90 bits per heavy atom. The molecule has 0 unspecified atom stereocenters. The Bertz CT molecular complexity index is 556. The first-order valence-electron chi connectivity index (χ1n) is 6.60. The molecule has 1 aliphatic rings. The van der Waals surface area contributed by atoms with Gasteiger partial charge >= 0.3 is 6.03 Å². The van der Waals surface area contributed by atoms with Gasteiger partial charge in [-0.2, -0.15) is 0 Å². The van der Waals surface area contributed by atoms with Crippen LogP contribution in [-0.4, -0.2) is 18.7 Å². The van der Waals surface area contributed by atoms with Crippen molar-refractivity contribution in [2.45, 2.75) is 19.1 Å². The third-order valence-electron chi connectivity index (χ3n) is 3.21. The maximum absolute atomic E-state index is 11.6. The average Bonchev–Trinajstić information content (AvgIpc) is 3.11. The highest BCUT2D eigenvalue weighted by atomic mass is 16.5. The van der Waals surface area contributed by atoms with Gasteiger partial charge in [0.25, 0.3) is 0 Å². The normalized spacial score (nSPS) is 16.3. The van der Waals surface area contributed by atoms with Crippen molar-refractivity contribution < 1.29 is 13.9 Å². The van der Waals surface area contributed by atoms with Gasteiger partial charge in [0, 0.05) is 6.42 Å². The molecule has 104 valence electrons. The zero-order chi connectivity index (χ0) is 13.8. The van der Waals surface area contributed by atoms with Gasteiger partial charge < -0.3 is 19.8 Å². The fourth-order valence-corrected chi connectivity index (χ4v) is 2.22. The molecule has 0 bridgehead atoms. The molecule has 5 nitrogen and oxygen atoms in total. The summed E-state index contributed by atoms with van der Waals surface area (Å²) in [5.41, 5.74) is 1.19. The van der Waals surface area contributed by atoms with E-state index in [1.54, 1.807) is 12.3 Å². The first-order valence-corrected chi connectivity index (χ1v) is 6.60. The molecule has 0 fully saturated rings. The summed E-state index contributed by atoms with van der Waals surface area (Å²) in [6.45, 7) is 0.864. The monoisotopic (exact) mass is 272 g/mol. The Morgan fingerprint density at radius 2 is 2.10 bits per heavy atom. The molecule has 3 rings (SSSR count). The van der Waals surface area contributed by atoms with Crippen LogP contribution in [0.15, 0.2) is 47.1 Å². The molecular formula is C15H16N2O3. The lowest BCUT2D eigenvalue weighted by Gasteiger charge is -2.12. The molecule has 1 aliphatic heterocycles. The Balaban J connectivity index is 1.41. The van der Waals surface area contributed by atoms with Crippen molar-refractivity contribution in [1.82, 2.24) is 10.6 Å². The maximum Gasteiger partial charge on any atom is 0.315 e. The van der Waals surface area contributed by atoms with Gasteiger partial charge in [-0.05, 0) is 23.8 Å². The van der Waals surface area contributed by atoms with Gasteiger partial charge in [-0.25, -0.2) is 4.79 Å². The zero-order valence-electron chi connectivity index (χ0n) is 11.0. The molecular weight excluding hydrogens is 256 g/mol. The van der Waals surface area contributed by atoms with Crippen LogP contribution in [0.1, 0.15) is 11.3 Å². The summed E-state index contributed by atoms with van der Waals surface area (Å²) < 4.78 is 10.9. The molecule has 1 atom stereocenters. The smallest absolute Gasteiger partial charge is 0.315 e. The molecule has 1 aromatic heterocycles. The lowest BCUT2D eigenvalue weighted by atomic mass is 10.1. The van der Waals surface area contributed by atoms with Crippen molar-refractivity contribution in [3.05, 3.63) is 54.0 Å². The minimum atomic E-state index is -0.221.